The number of rotatable bonds is 13. The van der Waals surface area contributed by atoms with Crippen LogP contribution in [0.2, 0.25) is 36.3 Å². The van der Waals surface area contributed by atoms with Gasteiger partial charge in [0, 0.05) is 13.2 Å². The van der Waals surface area contributed by atoms with Crippen LogP contribution in [0.25, 0.3) is 0 Å². The van der Waals surface area contributed by atoms with E-state index in [-0.39, 0.29) is 0 Å². The molecule has 0 atom stereocenters. The Kier molecular flexibility index (Phi) is 12.0. The van der Waals surface area contributed by atoms with E-state index in [4.69, 9.17) is 8.85 Å². The lowest BCUT2D eigenvalue weighted by atomic mass is 10.0. The predicted molar refractivity (Wildman–Crippen MR) is 137 cm³/mol. The molecule has 0 saturated heterocycles. The maximum atomic E-state index is 6.27. The van der Waals surface area contributed by atoms with Crippen molar-refractivity contribution in [3.8, 4) is 0 Å². The molecule has 172 valence electrons. The lowest BCUT2D eigenvalue weighted by Crippen LogP contribution is -2.40. The summed E-state index contributed by atoms with van der Waals surface area (Å²) in [5.41, 5.74) is 2.70. The number of hydrogen-bond acceptors (Lipinski definition) is 2. The standard InChI is InChI=1S/C25H52O2Si2/c1-22(17-13-15-19-26-28(9,10)24(3,4)5)21-23(2)18-14-16-20-27-29(11,12)25(6,7)8/h21H,1,13-20H2,2-12H3/b23-21+. The minimum absolute atomic E-state index is 0.298. The molecular formula is C25H52O2Si2. The normalized spacial score (nSPS) is 14.4. The van der Waals surface area contributed by atoms with E-state index in [0.29, 0.717) is 10.1 Å². The van der Waals surface area contributed by atoms with Crippen molar-refractivity contribution in [2.24, 2.45) is 0 Å². The summed E-state index contributed by atoms with van der Waals surface area (Å²) in [5, 5.41) is 0.600. The topological polar surface area (TPSA) is 18.5 Å². The van der Waals surface area contributed by atoms with E-state index in [0.717, 1.165) is 45.3 Å². The number of allylic oxidation sites excluding steroid dienone is 3. The zero-order valence-electron chi connectivity index (χ0n) is 21.8. The van der Waals surface area contributed by atoms with Crippen LogP contribution in [0.1, 0.15) is 87.0 Å². The zero-order valence-corrected chi connectivity index (χ0v) is 23.8. The zero-order chi connectivity index (χ0) is 22.9. The van der Waals surface area contributed by atoms with Crippen molar-refractivity contribution in [1.29, 1.82) is 0 Å². The third-order valence-electron chi connectivity index (χ3n) is 6.85. The molecule has 0 rings (SSSR count). The Labute approximate surface area is 185 Å². The first-order valence-corrected chi connectivity index (χ1v) is 17.4. The minimum atomic E-state index is -1.59. The van der Waals surface area contributed by atoms with Crippen LogP contribution in [0.4, 0.5) is 0 Å². The van der Waals surface area contributed by atoms with Crippen molar-refractivity contribution in [2.75, 3.05) is 13.2 Å². The fraction of sp³-hybridized carbons (Fsp3) is 0.840. The van der Waals surface area contributed by atoms with Crippen LogP contribution < -0.4 is 0 Å². The molecule has 0 aliphatic heterocycles. The molecule has 0 saturated carbocycles. The van der Waals surface area contributed by atoms with E-state index >= 15 is 0 Å². The van der Waals surface area contributed by atoms with Gasteiger partial charge in [-0.2, -0.15) is 0 Å². The smallest absolute Gasteiger partial charge is 0.191 e. The summed E-state index contributed by atoms with van der Waals surface area (Å²) in [6.07, 6.45) is 9.16. The molecule has 4 heteroatoms. The second-order valence-electron chi connectivity index (χ2n) is 11.8. The van der Waals surface area contributed by atoms with E-state index in [2.05, 4.69) is 87.3 Å². The van der Waals surface area contributed by atoms with Gasteiger partial charge in [-0.15, -0.1) is 0 Å². The maximum Gasteiger partial charge on any atom is 0.191 e. The molecule has 0 aliphatic rings. The van der Waals surface area contributed by atoms with Crippen LogP contribution in [0.5, 0.6) is 0 Å². The van der Waals surface area contributed by atoms with Crippen molar-refractivity contribution in [1.82, 2.24) is 0 Å². The quantitative estimate of drug-likeness (QED) is 0.162. The van der Waals surface area contributed by atoms with E-state index in [1.165, 1.54) is 17.6 Å². The fourth-order valence-corrected chi connectivity index (χ4v) is 4.72. The lowest BCUT2D eigenvalue weighted by molar-refractivity contribution is 0.279. The summed E-state index contributed by atoms with van der Waals surface area (Å²) in [7, 11) is -3.18. The monoisotopic (exact) mass is 440 g/mol. The third kappa shape index (κ3) is 11.7. The van der Waals surface area contributed by atoms with Gasteiger partial charge in [-0.25, -0.2) is 0 Å². The molecule has 29 heavy (non-hydrogen) atoms. The highest BCUT2D eigenvalue weighted by Crippen LogP contribution is 2.37. The van der Waals surface area contributed by atoms with Crippen molar-refractivity contribution in [3.05, 3.63) is 23.8 Å². The molecule has 0 aromatic rings. The third-order valence-corrected chi connectivity index (χ3v) is 15.9. The van der Waals surface area contributed by atoms with Crippen LogP contribution in [-0.4, -0.2) is 29.8 Å². The van der Waals surface area contributed by atoms with Gasteiger partial charge in [0.05, 0.1) is 0 Å². The fourth-order valence-electron chi connectivity index (χ4n) is 2.54. The second kappa shape index (κ2) is 12.0. The molecule has 0 bridgehead atoms. The summed E-state index contributed by atoms with van der Waals surface area (Å²) in [5.74, 6) is 0. The molecule has 0 heterocycles. The Morgan fingerprint density at radius 2 is 1.10 bits per heavy atom. The molecule has 0 amide bonds. The van der Waals surface area contributed by atoms with Crippen molar-refractivity contribution in [3.63, 3.8) is 0 Å². The summed E-state index contributed by atoms with van der Waals surface area (Å²) >= 11 is 0. The van der Waals surface area contributed by atoms with Crippen LogP contribution >= 0.6 is 0 Å². The Morgan fingerprint density at radius 3 is 1.48 bits per heavy atom. The Morgan fingerprint density at radius 1 is 0.724 bits per heavy atom. The van der Waals surface area contributed by atoms with Gasteiger partial charge in [0.25, 0.3) is 0 Å². The summed E-state index contributed by atoms with van der Waals surface area (Å²) in [6, 6.07) is 0. The first-order valence-electron chi connectivity index (χ1n) is 11.6. The van der Waals surface area contributed by atoms with Crippen LogP contribution in [0.3, 0.4) is 0 Å². The van der Waals surface area contributed by atoms with E-state index in [1.54, 1.807) is 0 Å². The van der Waals surface area contributed by atoms with E-state index in [9.17, 15) is 0 Å². The van der Waals surface area contributed by atoms with E-state index in [1.807, 2.05) is 0 Å². The SMILES string of the molecule is C=C(/C=C(\C)CCCCO[Si](C)(C)C(C)(C)C)CCCCO[Si](C)(C)C(C)(C)C. The predicted octanol–water partition coefficient (Wildman–Crippen LogP) is 8.87. The van der Waals surface area contributed by atoms with Gasteiger partial charge in [-0.1, -0.05) is 65.3 Å². The average molecular weight is 441 g/mol. The molecule has 0 N–H and O–H groups in total. The van der Waals surface area contributed by atoms with Gasteiger partial charge < -0.3 is 8.85 Å². The number of unbranched alkanes of at least 4 members (excludes halogenated alkanes) is 2. The molecule has 0 aliphatic carbocycles. The van der Waals surface area contributed by atoms with Crippen LogP contribution in [0, 0.1) is 0 Å². The first kappa shape index (κ1) is 28.8. The Bertz CT molecular complexity index is 520. The van der Waals surface area contributed by atoms with Gasteiger partial charge in [0.15, 0.2) is 16.6 Å². The highest BCUT2D eigenvalue weighted by molar-refractivity contribution is 6.74. The summed E-state index contributed by atoms with van der Waals surface area (Å²) < 4.78 is 12.5. The van der Waals surface area contributed by atoms with Gasteiger partial charge in [0.2, 0.25) is 0 Å². The van der Waals surface area contributed by atoms with Crippen molar-refractivity contribution in [2.45, 2.75) is 123 Å². The minimum Gasteiger partial charge on any atom is -0.417 e. The molecule has 0 aromatic heterocycles. The van der Waals surface area contributed by atoms with E-state index < -0.39 is 16.6 Å². The molecule has 2 nitrogen and oxygen atoms in total. The molecular weight excluding hydrogens is 388 g/mol. The Balaban J connectivity index is 4.00. The highest BCUT2D eigenvalue weighted by atomic mass is 28.4. The van der Waals surface area contributed by atoms with Crippen molar-refractivity contribution < 1.29 is 8.85 Å². The van der Waals surface area contributed by atoms with Crippen LogP contribution in [-0.2, 0) is 8.85 Å². The molecule has 0 aromatic carbocycles. The molecule has 0 fully saturated rings. The molecule has 0 radical (unpaired) electrons. The van der Waals surface area contributed by atoms with Gasteiger partial charge in [0.1, 0.15) is 0 Å². The van der Waals surface area contributed by atoms with Crippen LogP contribution in [0.15, 0.2) is 23.8 Å². The lowest BCUT2D eigenvalue weighted by Gasteiger charge is -2.36. The largest absolute Gasteiger partial charge is 0.417 e. The Hall–Kier alpha value is -0.166. The summed E-state index contributed by atoms with van der Waals surface area (Å²) in [4.78, 5) is 0. The molecule has 0 spiro atoms. The maximum absolute atomic E-state index is 6.27. The molecule has 0 unspecified atom stereocenters. The average Bonchev–Trinajstić information content (AvgIpc) is 2.51. The first-order chi connectivity index (χ1) is 13.0. The highest BCUT2D eigenvalue weighted by Gasteiger charge is 2.37. The van der Waals surface area contributed by atoms with Gasteiger partial charge >= 0.3 is 0 Å². The van der Waals surface area contributed by atoms with Crippen molar-refractivity contribution >= 4 is 16.6 Å². The summed E-state index contributed by atoms with van der Waals surface area (Å²) in [6.45, 7) is 31.4. The van der Waals surface area contributed by atoms with Gasteiger partial charge in [-0.3, -0.25) is 0 Å². The number of hydrogen-bond donors (Lipinski definition) is 0. The second-order valence-corrected chi connectivity index (χ2v) is 21.4. The van der Waals surface area contributed by atoms with Gasteiger partial charge in [-0.05, 0) is 81.7 Å².